The molecule has 0 radical (unpaired) electrons. The smallest absolute Gasteiger partial charge is 0.227 e. The molecule has 0 bridgehead atoms. The molecule has 1 aromatic carbocycles. The zero-order chi connectivity index (χ0) is 22.7. The van der Waals surface area contributed by atoms with E-state index in [0.717, 1.165) is 30.6 Å². The van der Waals surface area contributed by atoms with Gasteiger partial charge in [0, 0.05) is 54.1 Å². The van der Waals surface area contributed by atoms with Crippen LogP contribution in [0.4, 0.5) is 15.9 Å². The highest BCUT2D eigenvalue weighted by Gasteiger charge is 2.32. The van der Waals surface area contributed by atoms with Crippen molar-refractivity contribution in [3.8, 4) is 11.4 Å². The lowest BCUT2D eigenvalue weighted by molar-refractivity contribution is -0.140. The van der Waals surface area contributed by atoms with Crippen LogP contribution in [0.2, 0.25) is 0 Å². The van der Waals surface area contributed by atoms with Crippen LogP contribution in [0.5, 0.6) is 0 Å². The lowest BCUT2D eigenvalue weighted by Crippen LogP contribution is -2.44. The lowest BCUT2D eigenvalue weighted by atomic mass is 9.90. The molecule has 6 nitrogen and oxygen atoms in total. The summed E-state index contributed by atoms with van der Waals surface area (Å²) in [6.07, 6.45) is 5.28. The SMILES string of the molecule is CC(C)(C)C(=O)N1CCC[C@H](c2cc(Nc3cccc(F)c3)nc(-c3ccncc3)n2)C1. The Bertz CT molecular complexity index is 1100. The summed E-state index contributed by atoms with van der Waals surface area (Å²) in [5, 5.41) is 3.21. The predicted molar refractivity (Wildman–Crippen MR) is 123 cm³/mol. The molecule has 0 aliphatic carbocycles. The van der Waals surface area contributed by atoms with E-state index < -0.39 is 5.41 Å². The third kappa shape index (κ3) is 5.10. The molecule has 1 atom stereocenters. The second kappa shape index (κ2) is 9.02. The number of benzene rings is 1. The standard InChI is InChI=1S/C25H28FN5O/c1-25(2,3)24(32)31-13-5-6-18(16-31)21-15-22(28-20-8-4-7-19(26)14-20)30-23(29-21)17-9-11-27-12-10-17/h4,7-12,14-15,18H,5-6,13,16H2,1-3H3,(H,28,29,30)/t18-/m0/s1. The molecule has 0 saturated carbocycles. The first kappa shape index (κ1) is 21.9. The van der Waals surface area contributed by atoms with E-state index in [1.165, 1.54) is 12.1 Å². The molecule has 166 valence electrons. The predicted octanol–water partition coefficient (Wildman–Crippen LogP) is 5.17. The Kier molecular flexibility index (Phi) is 6.17. The van der Waals surface area contributed by atoms with E-state index in [-0.39, 0.29) is 17.6 Å². The van der Waals surface area contributed by atoms with E-state index in [0.29, 0.717) is 23.9 Å². The fraction of sp³-hybridized carbons (Fsp3) is 0.360. The third-order valence-electron chi connectivity index (χ3n) is 5.55. The zero-order valence-electron chi connectivity index (χ0n) is 18.7. The van der Waals surface area contributed by atoms with Crippen LogP contribution >= 0.6 is 0 Å². The van der Waals surface area contributed by atoms with Crippen LogP contribution in [0.25, 0.3) is 11.4 Å². The van der Waals surface area contributed by atoms with Crippen molar-refractivity contribution < 1.29 is 9.18 Å². The number of likely N-dealkylation sites (tertiary alicyclic amines) is 1. The Morgan fingerprint density at radius 2 is 1.91 bits per heavy atom. The van der Waals surface area contributed by atoms with Crippen molar-refractivity contribution in [3.05, 3.63) is 66.4 Å². The number of anilines is 2. The Hall–Kier alpha value is -3.35. The van der Waals surface area contributed by atoms with Crippen molar-refractivity contribution in [1.29, 1.82) is 0 Å². The average Bonchev–Trinajstić information content (AvgIpc) is 2.78. The molecule has 1 amide bonds. The van der Waals surface area contributed by atoms with E-state index in [1.54, 1.807) is 24.5 Å². The molecular weight excluding hydrogens is 405 g/mol. The van der Waals surface area contributed by atoms with Gasteiger partial charge in [-0.1, -0.05) is 26.8 Å². The topological polar surface area (TPSA) is 71.0 Å². The third-order valence-corrected chi connectivity index (χ3v) is 5.55. The second-order valence-corrected chi connectivity index (χ2v) is 9.21. The largest absolute Gasteiger partial charge is 0.342 e. The molecule has 1 N–H and O–H groups in total. The van der Waals surface area contributed by atoms with Crippen molar-refractivity contribution >= 4 is 17.4 Å². The molecule has 2 aromatic heterocycles. The van der Waals surface area contributed by atoms with E-state index in [1.807, 2.05) is 43.9 Å². The summed E-state index contributed by atoms with van der Waals surface area (Å²) in [5.41, 5.74) is 1.92. The monoisotopic (exact) mass is 433 g/mol. The highest BCUT2D eigenvalue weighted by molar-refractivity contribution is 5.81. The number of piperidine rings is 1. The quantitative estimate of drug-likeness (QED) is 0.614. The van der Waals surface area contributed by atoms with E-state index in [2.05, 4.69) is 15.3 Å². The molecule has 1 fully saturated rings. The Morgan fingerprint density at radius 1 is 1.12 bits per heavy atom. The van der Waals surface area contributed by atoms with Gasteiger partial charge in [-0.15, -0.1) is 0 Å². The molecular formula is C25H28FN5O. The molecule has 1 saturated heterocycles. The Balaban J connectivity index is 1.68. The van der Waals surface area contributed by atoms with Crippen molar-refractivity contribution in [2.75, 3.05) is 18.4 Å². The highest BCUT2D eigenvalue weighted by atomic mass is 19.1. The zero-order valence-corrected chi connectivity index (χ0v) is 18.7. The number of hydrogen-bond acceptors (Lipinski definition) is 5. The number of pyridine rings is 1. The van der Waals surface area contributed by atoms with E-state index in [9.17, 15) is 9.18 Å². The molecule has 1 aliphatic heterocycles. The molecule has 4 rings (SSSR count). The maximum absolute atomic E-state index is 13.7. The number of amides is 1. The van der Waals surface area contributed by atoms with Gasteiger partial charge in [0.1, 0.15) is 11.6 Å². The van der Waals surface area contributed by atoms with Crippen LogP contribution in [-0.4, -0.2) is 38.8 Å². The van der Waals surface area contributed by atoms with Crippen molar-refractivity contribution in [3.63, 3.8) is 0 Å². The van der Waals surface area contributed by atoms with E-state index >= 15 is 0 Å². The summed E-state index contributed by atoms with van der Waals surface area (Å²) in [6, 6.07) is 11.9. The summed E-state index contributed by atoms with van der Waals surface area (Å²) >= 11 is 0. The van der Waals surface area contributed by atoms with Gasteiger partial charge in [0.2, 0.25) is 5.91 Å². The first-order chi connectivity index (χ1) is 15.3. The molecule has 32 heavy (non-hydrogen) atoms. The first-order valence-electron chi connectivity index (χ1n) is 10.9. The summed E-state index contributed by atoms with van der Waals surface area (Å²) in [5.74, 6) is 1.10. The van der Waals surface area contributed by atoms with Gasteiger partial charge in [-0.2, -0.15) is 0 Å². The minimum atomic E-state index is -0.417. The number of rotatable bonds is 4. The van der Waals surface area contributed by atoms with Gasteiger partial charge in [0.05, 0.1) is 5.69 Å². The number of carbonyl (C=O) groups excluding carboxylic acids is 1. The number of nitrogens with zero attached hydrogens (tertiary/aromatic N) is 4. The van der Waals surface area contributed by atoms with Crippen molar-refractivity contribution in [2.45, 2.75) is 39.5 Å². The number of nitrogens with one attached hydrogen (secondary N) is 1. The Labute approximate surface area is 187 Å². The summed E-state index contributed by atoms with van der Waals surface area (Å²) in [6.45, 7) is 7.25. The lowest BCUT2D eigenvalue weighted by Gasteiger charge is -2.36. The maximum atomic E-state index is 13.7. The van der Waals surface area contributed by atoms with Crippen LogP contribution < -0.4 is 5.32 Å². The summed E-state index contributed by atoms with van der Waals surface area (Å²) in [4.78, 5) is 28.4. The molecule has 3 aromatic rings. The van der Waals surface area contributed by atoms with Crippen molar-refractivity contribution in [1.82, 2.24) is 19.9 Å². The summed E-state index contributed by atoms with van der Waals surface area (Å²) < 4.78 is 13.7. The minimum Gasteiger partial charge on any atom is -0.342 e. The van der Waals surface area contributed by atoms with Gasteiger partial charge in [0.15, 0.2) is 5.82 Å². The number of carbonyl (C=O) groups is 1. The molecule has 0 spiro atoms. The minimum absolute atomic E-state index is 0.103. The fourth-order valence-electron chi connectivity index (χ4n) is 3.96. The van der Waals surface area contributed by atoms with E-state index in [4.69, 9.17) is 4.98 Å². The van der Waals surface area contributed by atoms with Crippen LogP contribution in [0, 0.1) is 11.2 Å². The van der Waals surface area contributed by atoms with Crippen LogP contribution in [0.3, 0.4) is 0 Å². The molecule has 7 heteroatoms. The fourth-order valence-corrected chi connectivity index (χ4v) is 3.96. The summed E-state index contributed by atoms with van der Waals surface area (Å²) in [7, 11) is 0. The molecule has 3 heterocycles. The van der Waals surface area contributed by atoms with Crippen LogP contribution in [-0.2, 0) is 4.79 Å². The number of halogens is 1. The highest BCUT2D eigenvalue weighted by Crippen LogP contribution is 2.31. The van der Waals surface area contributed by atoms with Gasteiger partial charge >= 0.3 is 0 Å². The van der Waals surface area contributed by atoms with Gasteiger partial charge in [-0.3, -0.25) is 9.78 Å². The maximum Gasteiger partial charge on any atom is 0.227 e. The first-order valence-corrected chi connectivity index (χ1v) is 10.9. The normalized spacial score (nSPS) is 16.6. The number of hydrogen-bond donors (Lipinski definition) is 1. The molecule has 0 unspecified atom stereocenters. The number of aromatic nitrogens is 3. The average molecular weight is 434 g/mol. The van der Waals surface area contributed by atoms with Gasteiger partial charge in [-0.05, 0) is 43.2 Å². The van der Waals surface area contributed by atoms with Crippen molar-refractivity contribution in [2.24, 2.45) is 5.41 Å². The van der Waals surface area contributed by atoms with Gasteiger partial charge < -0.3 is 10.2 Å². The van der Waals surface area contributed by atoms with Gasteiger partial charge in [0.25, 0.3) is 0 Å². The van der Waals surface area contributed by atoms with Gasteiger partial charge in [-0.25, -0.2) is 14.4 Å². The molecule has 1 aliphatic rings. The van der Waals surface area contributed by atoms with Crippen LogP contribution in [0.1, 0.15) is 45.2 Å². The van der Waals surface area contributed by atoms with Crippen LogP contribution in [0.15, 0.2) is 54.9 Å². The Morgan fingerprint density at radius 3 is 2.62 bits per heavy atom. The second-order valence-electron chi connectivity index (χ2n) is 9.21.